The van der Waals surface area contributed by atoms with Crippen LogP contribution in [0.2, 0.25) is 0 Å². The highest BCUT2D eigenvalue weighted by Gasteiger charge is 2.23. The summed E-state index contributed by atoms with van der Waals surface area (Å²) >= 11 is 1.96. The number of amides is 1. The van der Waals surface area contributed by atoms with Crippen LogP contribution in [0, 0.1) is 10.5 Å². The molecule has 3 N–H and O–H groups in total. The van der Waals surface area contributed by atoms with E-state index in [0.717, 1.165) is 5.56 Å². The lowest BCUT2D eigenvalue weighted by atomic mass is 10.0. The van der Waals surface area contributed by atoms with Crippen molar-refractivity contribution in [2.75, 3.05) is 7.11 Å². The lowest BCUT2D eigenvalue weighted by Crippen LogP contribution is -2.32. The molecule has 3 aromatic rings. The zero-order chi connectivity index (χ0) is 24.7. The van der Waals surface area contributed by atoms with Gasteiger partial charge >= 0.3 is 0 Å². The first kappa shape index (κ1) is 25.7. The molecule has 1 amide bonds. The van der Waals surface area contributed by atoms with Crippen LogP contribution in [0.15, 0.2) is 76.7 Å². The number of benzene rings is 3. The summed E-state index contributed by atoms with van der Waals surface area (Å²) in [5.74, 6) is -0.165. The number of nitrogens with one attached hydrogen (secondary N) is 2. The van der Waals surface area contributed by atoms with Crippen LogP contribution in [0.4, 0.5) is 0 Å². The number of phenols is 1. The molecule has 0 aliphatic heterocycles. The van der Waals surface area contributed by atoms with Crippen molar-refractivity contribution < 1.29 is 23.1 Å². The van der Waals surface area contributed by atoms with Crippen molar-refractivity contribution in [2.45, 2.75) is 24.3 Å². The lowest BCUT2D eigenvalue weighted by Gasteiger charge is -2.18. The van der Waals surface area contributed by atoms with Gasteiger partial charge in [0.2, 0.25) is 15.9 Å². The summed E-state index contributed by atoms with van der Waals surface area (Å²) in [6, 6.07) is 17.8. The van der Waals surface area contributed by atoms with Gasteiger partial charge in [0.1, 0.15) is 0 Å². The molecule has 3 rings (SSSR count). The van der Waals surface area contributed by atoms with Crippen LogP contribution in [0.1, 0.15) is 29.2 Å². The molecule has 0 unspecified atom stereocenters. The van der Waals surface area contributed by atoms with E-state index < -0.39 is 22.0 Å². The van der Waals surface area contributed by atoms with Gasteiger partial charge in [-0.3, -0.25) is 4.79 Å². The predicted octanol–water partition coefficient (Wildman–Crippen LogP) is 3.87. The Hall–Kier alpha value is -2.96. The summed E-state index contributed by atoms with van der Waals surface area (Å²) in [5, 5.41) is 13.9. The summed E-state index contributed by atoms with van der Waals surface area (Å²) in [5.41, 5.74) is 4.63. The third-order valence-electron chi connectivity index (χ3n) is 4.89. The number of methoxy groups -OCH3 is 1. The quantitative estimate of drug-likeness (QED) is 0.198. The van der Waals surface area contributed by atoms with Crippen LogP contribution in [0.3, 0.4) is 0 Å². The smallest absolute Gasteiger partial charge is 0.242 e. The topological polar surface area (TPSA) is 117 Å². The Bertz CT molecular complexity index is 1280. The number of nitrogens with zero attached hydrogens (tertiary/aromatic N) is 1. The van der Waals surface area contributed by atoms with E-state index in [4.69, 9.17) is 4.74 Å². The third-order valence-corrected chi connectivity index (χ3v) is 7.20. The fourth-order valence-corrected chi connectivity index (χ4v) is 4.97. The second kappa shape index (κ2) is 11.4. The molecule has 0 aliphatic carbocycles. The number of sulfonamides is 1. The van der Waals surface area contributed by atoms with Crippen molar-refractivity contribution >= 4 is 44.7 Å². The van der Waals surface area contributed by atoms with E-state index in [-0.39, 0.29) is 22.8 Å². The Morgan fingerprint density at radius 1 is 1.15 bits per heavy atom. The summed E-state index contributed by atoms with van der Waals surface area (Å²) in [7, 11) is -2.42. The Morgan fingerprint density at radius 2 is 1.82 bits per heavy atom. The zero-order valence-corrected chi connectivity index (χ0v) is 21.5. The van der Waals surface area contributed by atoms with Gasteiger partial charge in [0.05, 0.1) is 27.8 Å². The first-order chi connectivity index (χ1) is 16.2. The first-order valence-corrected chi connectivity index (χ1v) is 12.8. The van der Waals surface area contributed by atoms with Crippen LogP contribution in [-0.2, 0) is 14.8 Å². The Kier molecular flexibility index (Phi) is 8.64. The van der Waals surface area contributed by atoms with Gasteiger partial charge < -0.3 is 9.84 Å². The highest BCUT2D eigenvalue weighted by atomic mass is 127. The number of carbonyl (C=O) groups is 1. The van der Waals surface area contributed by atoms with Gasteiger partial charge in [-0.15, -0.1) is 0 Å². The number of carbonyl (C=O) groups excluding carboxylic acids is 1. The maximum Gasteiger partial charge on any atom is 0.242 e. The monoisotopic (exact) mass is 593 g/mol. The van der Waals surface area contributed by atoms with E-state index in [0.29, 0.717) is 14.7 Å². The molecule has 0 heterocycles. The molecule has 34 heavy (non-hydrogen) atoms. The number of hydrogen-bond donors (Lipinski definition) is 3. The summed E-state index contributed by atoms with van der Waals surface area (Å²) in [6.45, 7) is 1.87. The van der Waals surface area contributed by atoms with Crippen molar-refractivity contribution in [3.8, 4) is 11.5 Å². The maximum atomic E-state index is 12.9. The molecule has 0 fully saturated rings. The van der Waals surface area contributed by atoms with Crippen LogP contribution in [0.25, 0.3) is 0 Å². The Morgan fingerprint density at radius 3 is 2.47 bits per heavy atom. The van der Waals surface area contributed by atoms with Crippen LogP contribution in [0.5, 0.6) is 11.5 Å². The van der Waals surface area contributed by atoms with E-state index >= 15 is 0 Å². The van der Waals surface area contributed by atoms with Crippen molar-refractivity contribution in [2.24, 2.45) is 5.10 Å². The average Bonchev–Trinajstić information content (AvgIpc) is 2.81. The van der Waals surface area contributed by atoms with E-state index in [1.54, 1.807) is 48.5 Å². The highest BCUT2D eigenvalue weighted by Crippen LogP contribution is 2.31. The SMILES string of the molecule is COc1cc(/C=N\NC(=O)C[C@H](NS(=O)(=O)c2ccc(C)cc2)c2ccccc2)cc(I)c1O. The maximum absolute atomic E-state index is 12.9. The second-order valence-electron chi connectivity index (χ2n) is 7.45. The molecule has 0 spiro atoms. The van der Waals surface area contributed by atoms with E-state index in [2.05, 4.69) is 15.2 Å². The lowest BCUT2D eigenvalue weighted by molar-refractivity contribution is -0.121. The minimum atomic E-state index is -3.86. The molecule has 0 aliphatic rings. The fourth-order valence-electron chi connectivity index (χ4n) is 3.12. The van der Waals surface area contributed by atoms with Gasteiger partial charge in [-0.1, -0.05) is 48.0 Å². The third kappa shape index (κ3) is 6.78. The van der Waals surface area contributed by atoms with Crippen LogP contribution >= 0.6 is 22.6 Å². The minimum Gasteiger partial charge on any atom is -0.504 e. The number of hydrazone groups is 1. The van der Waals surface area contributed by atoms with E-state index in [9.17, 15) is 18.3 Å². The van der Waals surface area contributed by atoms with Gasteiger partial charge in [0.25, 0.3) is 0 Å². The number of phenolic OH excluding ortho intramolecular Hbond substituents is 1. The molecule has 0 radical (unpaired) electrons. The second-order valence-corrected chi connectivity index (χ2v) is 10.3. The van der Waals surface area contributed by atoms with Crippen molar-refractivity contribution in [1.82, 2.24) is 10.1 Å². The Balaban J connectivity index is 1.74. The average molecular weight is 593 g/mol. The van der Waals surface area contributed by atoms with Gasteiger partial charge in [-0.05, 0) is 64.9 Å². The van der Waals surface area contributed by atoms with E-state index in [1.165, 1.54) is 25.5 Å². The molecule has 0 saturated carbocycles. The molecule has 0 saturated heterocycles. The van der Waals surface area contributed by atoms with Gasteiger partial charge in [0.15, 0.2) is 11.5 Å². The molecular formula is C24H24IN3O5S. The van der Waals surface area contributed by atoms with Crippen LogP contribution < -0.4 is 14.9 Å². The predicted molar refractivity (Wildman–Crippen MR) is 138 cm³/mol. The normalized spacial score (nSPS) is 12.4. The highest BCUT2D eigenvalue weighted by molar-refractivity contribution is 14.1. The number of halogens is 1. The van der Waals surface area contributed by atoms with Gasteiger partial charge in [0, 0.05) is 6.42 Å². The summed E-state index contributed by atoms with van der Waals surface area (Å²) < 4.78 is 34.2. The van der Waals surface area contributed by atoms with E-state index in [1.807, 2.05) is 35.6 Å². The molecule has 3 aromatic carbocycles. The number of aryl methyl sites for hydroxylation is 1. The number of ether oxygens (including phenoxy) is 1. The number of rotatable bonds is 9. The first-order valence-electron chi connectivity index (χ1n) is 10.2. The molecule has 0 bridgehead atoms. The van der Waals surface area contributed by atoms with Crippen molar-refractivity contribution in [3.05, 3.63) is 87.0 Å². The number of hydrogen-bond acceptors (Lipinski definition) is 6. The molecule has 8 nitrogen and oxygen atoms in total. The summed E-state index contributed by atoms with van der Waals surface area (Å²) in [4.78, 5) is 12.7. The minimum absolute atomic E-state index is 0.0239. The Labute approximate surface area is 212 Å². The molecule has 0 aromatic heterocycles. The van der Waals surface area contributed by atoms with Gasteiger partial charge in [-0.2, -0.15) is 5.10 Å². The standard InChI is InChI=1S/C24H24IN3O5S/c1-16-8-10-19(11-9-16)34(31,32)28-21(18-6-4-3-5-7-18)14-23(29)27-26-15-17-12-20(25)24(30)22(13-17)33-2/h3-13,15,21,28,30H,14H2,1-2H3,(H,27,29)/b26-15-/t21-/m0/s1. The molecule has 10 heteroatoms. The summed E-state index contributed by atoms with van der Waals surface area (Å²) in [6.07, 6.45) is 1.25. The molecule has 1 atom stereocenters. The van der Waals surface area contributed by atoms with Crippen molar-refractivity contribution in [3.63, 3.8) is 0 Å². The largest absolute Gasteiger partial charge is 0.504 e. The number of aromatic hydroxyl groups is 1. The van der Waals surface area contributed by atoms with Crippen molar-refractivity contribution in [1.29, 1.82) is 0 Å². The zero-order valence-electron chi connectivity index (χ0n) is 18.5. The molecule has 178 valence electrons. The fraction of sp³-hybridized carbons (Fsp3) is 0.167. The molecular weight excluding hydrogens is 569 g/mol. The van der Waals surface area contributed by atoms with Crippen LogP contribution in [-0.4, -0.2) is 32.8 Å². The van der Waals surface area contributed by atoms with Gasteiger partial charge in [-0.25, -0.2) is 18.6 Å².